The van der Waals surface area contributed by atoms with E-state index >= 15 is 0 Å². The minimum Gasteiger partial charge on any atom is -0.275 e. The number of hydrogen-bond acceptors (Lipinski definition) is 2. The van der Waals surface area contributed by atoms with Gasteiger partial charge in [-0.2, -0.15) is 0 Å². The van der Waals surface area contributed by atoms with Crippen molar-refractivity contribution >= 4 is 5.91 Å². The predicted octanol–water partition coefficient (Wildman–Crippen LogP) is 0.416. The Kier molecular flexibility index (Phi) is 0.944. The van der Waals surface area contributed by atoms with Crippen LogP contribution in [-0.2, 0) is 9.63 Å². The molecule has 0 aromatic heterocycles. The Morgan fingerprint density at radius 1 is 1.70 bits per heavy atom. The third kappa shape index (κ3) is 0.560. The van der Waals surface area contributed by atoms with Crippen molar-refractivity contribution in [2.75, 3.05) is 14.2 Å². The highest BCUT2D eigenvalue weighted by molar-refractivity contribution is 5.89. The zero-order valence-corrected chi connectivity index (χ0v) is 6.26. The van der Waals surface area contributed by atoms with Crippen LogP contribution >= 0.6 is 0 Å². The van der Waals surface area contributed by atoms with Crippen molar-refractivity contribution in [3.05, 3.63) is 0 Å². The molecule has 0 saturated heterocycles. The van der Waals surface area contributed by atoms with Gasteiger partial charge in [0.1, 0.15) is 0 Å². The highest BCUT2D eigenvalue weighted by atomic mass is 16.7. The van der Waals surface area contributed by atoms with Crippen molar-refractivity contribution in [3.63, 3.8) is 0 Å². The van der Waals surface area contributed by atoms with E-state index in [4.69, 9.17) is 4.84 Å². The van der Waals surface area contributed by atoms with Crippen molar-refractivity contribution in [2.45, 2.75) is 12.8 Å². The van der Waals surface area contributed by atoms with Gasteiger partial charge in [-0.15, -0.1) is 0 Å². The molecular weight excluding hydrogens is 130 g/mol. The van der Waals surface area contributed by atoms with Crippen LogP contribution in [-0.4, -0.2) is 25.1 Å². The molecule has 0 spiro atoms. The summed E-state index contributed by atoms with van der Waals surface area (Å²) in [5.74, 6) is 0.873. The molecule has 56 valence electrons. The van der Waals surface area contributed by atoms with E-state index in [1.165, 1.54) is 12.2 Å². The van der Waals surface area contributed by atoms with E-state index in [-0.39, 0.29) is 11.3 Å². The van der Waals surface area contributed by atoms with Gasteiger partial charge in [-0.1, -0.05) is 0 Å². The Bertz CT molecular complexity index is 184. The standard InChI is InChI=1S/C7H11NO2/c1-8(10-2)6(9)7-3-5(7)4-7/h5H,3-4H2,1-2H3. The van der Waals surface area contributed by atoms with Gasteiger partial charge in [0.05, 0.1) is 12.5 Å². The quantitative estimate of drug-likeness (QED) is 0.521. The fourth-order valence-corrected chi connectivity index (χ4v) is 1.45. The first-order valence-electron chi connectivity index (χ1n) is 3.53. The average Bonchev–Trinajstić information content (AvgIpc) is 2.69. The molecule has 2 aliphatic carbocycles. The number of hydrogen-bond donors (Lipinski definition) is 0. The average molecular weight is 141 g/mol. The first kappa shape index (κ1) is 6.16. The third-order valence-electron chi connectivity index (χ3n) is 2.67. The molecule has 3 nitrogen and oxygen atoms in total. The Morgan fingerprint density at radius 3 is 2.50 bits per heavy atom. The van der Waals surface area contributed by atoms with Gasteiger partial charge < -0.3 is 0 Å². The first-order valence-corrected chi connectivity index (χ1v) is 3.53. The van der Waals surface area contributed by atoms with Crippen molar-refractivity contribution in [3.8, 4) is 0 Å². The van der Waals surface area contributed by atoms with Gasteiger partial charge in [-0.3, -0.25) is 9.63 Å². The molecule has 0 heterocycles. The Morgan fingerprint density at radius 2 is 2.20 bits per heavy atom. The molecule has 2 aliphatic rings. The normalized spacial score (nSPS) is 40.4. The molecule has 0 N–H and O–H groups in total. The summed E-state index contributed by atoms with van der Waals surface area (Å²) < 4.78 is 0. The largest absolute Gasteiger partial charge is 0.275 e. The number of fused-ring (bicyclic) bond motifs is 1. The van der Waals surface area contributed by atoms with Crippen LogP contribution in [0.3, 0.4) is 0 Å². The van der Waals surface area contributed by atoms with E-state index in [1.54, 1.807) is 7.05 Å². The SMILES string of the molecule is CON(C)C(=O)C12CC1C2. The summed E-state index contributed by atoms with van der Waals surface area (Å²) >= 11 is 0. The summed E-state index contributed by atoms with van der Waals surface area (Å²) in [6, 6.07) is 0. The summed E-state index contributed by atoms with van der Waals surface area (Å²) in [6.07, 6.45) is 2.19. The molecule has 0 aromatic rings. The second-order valence-corrected chi connectivity index (χ2v) is 3.25. The molecule has 0 bridgehead atoms. The molecule has 10 heavy (non-hydrogen) atoms. The van der Waals surface area contributed by atoms with Gasteiger partial charge in [0, 0.05) is 7.05 Å². The van der Waals surface area contributed by atoms with Gasteiger partial charge in [-0.25, -0.2) is 5.06 Å². The molecule has 0 aliphatic heterocycles. The van der Waals surface area contributed by atoms with Gasteiger partial charge >= 0.3 is 0 Å². The topological polar surface area (TPSA) is 29.5 Å². The second-order valence-electron chi connectivity index (χ2n) is 3.25. The Balaban J connectivity index is 1.99. The van der Waals surface area contributed by atoms with Crippen molar-refractivity contribution < 1.29 is 9.63 Å². The maximum Gasteiger partial charge on any atom is 0.252 e. The smallest absolute Gasteiger partial charge is 0.252 e. The zero-order valence-electron chi connectivity index (χ0n) is 6.26. The van der Waals surface area contributed by atoms with Crippen LogP contribution in [0.5, 0.6) is 0 Å². The molecule has 2 fully saturated rings. The van der Waals surface area contributed by atoms with Crippen molar-refractivity contribution in [2.24, 2.45) is 11.3 Å². The van der Waals surface area contributed by atoms with E-state index in [9.17, 15) is 4.79 Å². The Hall–Kier alpha value is -0.570. The monoisotopic (exact) mass is 141 g/mol. The molecule has 3 heteroatoms. The maximum absolute atomic E-state index is 11.3. The van der Waals surface area contributed by atoms with Crippen LogP contribution in [0.15, 0.2) is 0 Å². The van der Waals surface area contributed by atoms with Gasteiger partial charge in [0.2, 0.25) is 0 Å². The van der Waals surface area contributed by atoms with Gasteiger partial charge in [0.25, 0.3) is 5.91 Å². The summed E-state index contributed by atoms with van der Waals surface area (Å²) in [7, 11) is 3.19. The number of rotatable bonds is 2. The number of hydroxylamine groups is 2. The minimum atomic E-state index is 0.0603. The molecule has 0 aromatic carbocycles. The van der Waals surface area contributed by atoms with Crippen molar-refractivity contribution in [1.82, 2.24) is 5.06 Å². The first-order chi connectivity index (χ1) is 4.70. The maximum atomic E-state index is 11.3. The fraction of sp³-hybridized carbons (Fsp3) is 0.857. The summed E-state index contributed by atoms with van der Waals surface area (Å²) in [4.78, 5) is 16.1. The van der Waals surface area contributed by atoms with Crippen LogP contribution in [0, 0.1) is 11.3 Å². The summed E-state index contributed by atoms with van der Waals surface area (Å²) in [6.45, 7) is 0. The predicted molar refractivity (Wildman–Crippen MR) is 34.9 cm³/mol. The van der Waals surface area contributed by atoms with E-state index < -0.39 is 0 Å². The van der Waals surface area contributed by atoms with Crippen LogP contribution < -0.4 is 0 Å². The van der Waals surface area contributed by atoms with Crippen LogP contribution in [0.25, 0.3) is 0 Å². The number of carbonyl (C=O) groups is 1. The lowest BCUT2D eigenvalue weighted by Crippen LogP contribution is -2.29. The minimum absolute atomic E-state index is 0.0603. The van der Waals surface area contributed by atoms with E-state index in [0.29, 0.717) is 5.92 Å². The molecular formula is C7H11NO2. The third-order valence-corrected chi connectivity index (χ3v) is 2.67. The fourth-order valence-electron chi connectivity index (χ4n) is 1.45. The number of amides is 1. The summed E-state index contributed by atoms with van der Waals surface area (Å²) in [5.41, 5.74) is 0.0603. The molecule has 2 rings (SSSR count). The second kappa shape index (κ2) is 1.53. The van der Waals surface area contributed by atoms with Crippen molar-refractivity contribution in [1.29, 1.82) is 0 Å². The molecule has 0 radical (unpaired) electrons. The van der Waals surface area contributed by atoms with E-state index in [2.05, 4.69) is 0 Å². The van der Waals surface area contributed by atoms with Gasteiger partial charge in [0.15, 0.2) is 0 Å². The van der Waals surface area contributed by atoms with Crippen LogP contribution in [0.4, 0.5) is 0 Å². The highest BCUT2D eigenvalue weighted by Gasteiger charge is 2.75. The lowest BCUT2D eigenvalue weighted by atomic mass is 10.2. The molecule has 1 amide bonds. The Labute approximate surface area is 59.9 Å². The summed E-state index contributed by atoms with van der Waals surface area (Å²) in [5, 5.41) is 1.34. The molecule has 0 atom stereocenters. The number of carbonyl (C=O) groups excluding carboxylic acids is 1. The van der Waals surface area contributed by atoms with Gasteiger partial charge in [-0.05, 0) is 18.8 Å². The molecule has 0 unspecified atom stereocenters. The lowest BCUT2D eigenvalue weighted by Gasteiger charge is -2.14. The lowest BCUT2D eigenvalue weighted by molar-refractivity contribution is -0.172. The van der Waals surface area contributed by atoms with Crippen LogP contribution in [0.1, 0.15) is 12.8 Å². The van der Waals surface area contributed by atoms with E-state index in [0.717, 1.165) is 12.8 Å². The van der Waals surface area contributed by atoms with E-state index in [1.807, 2.05) is 0 Å². The highest BCUT2D eigenvalue weighted by Crippen LogP contribution is 2.75. The van der Waals surface area contributed by atoms with Crippen LogP contribution in [0.2, 0.25) is 0 Å². The zero-order chi connectivity index (χ0) is 7.35. The molecule has 2 saturated carbocycles. The number of nitrogens with zero attached hydrogens (tertiary/aromatic N) is 1.